The van der Waals surface area contributed by atoms with Crippen molar-refractivity contribution in [3.05, 3.63) is 0 Å². The zero-order chi connectivity index (χ0) is 17.6. The van der Waals surface area contributed by atoms with Crippen molar-refractivity contribution in [2.75, 3.05) is 13.2 Å². The highest BCUT2D eigenvalue weighted by Crippen LogP contribution is 2.10. The van der Waals surface area contributed by atoms with Crippen molar-refractivity contribution in [3.63, 3.8) is 0 Å². The van der Waals surface area contributed by atoms with Crippen LogP contribution in [-0.4, -0.2) is 54.1 Å². The highest BCUT2D eigenvalue weighted by molar-refractivity contribution is 5.89. The van der Waals surface area contributed by atoms with Gasteiger partial charge in [-0.3, -0.25) is 19.4 Å². The van der Waals surface area contributed by atoms with Gasteiger partial charge in [-0.2, -0.15) is 0 Å². The van der Waals surface area contributed by atoms with E-state index in [-0.39, 0.29) is 23.7 Å². The fraction of sp³-hybridized carbons (Fsp3) is 0.800. The molecular weight excluding hydrogens is 300 g/mol. The quantitative estimate of drug-likeness (QED) is 0.568. The Kier molecular flexibility index (Phi) is 7.44. The van der Waals surface area contributed by atoms with E-state index in [1.54, 1.807) is 13.8 Å². The number of nitrogens with zero attached hydrogens (tertiary/aromatic N) is 1. The Labute approximate surface area is 137 Å². The van der Waals surface area contributed by atoms with Crippen molar-refractivity contribution in [2.24, 2.45) is 11.7 Å². The van der Waals surface area contributed by atoms with E-state index < -0.39 is 18.1 Å². The van der Waals surface area contributed by atoms with Gasteiger partial charge in [-0.1, -0.05) is 13.8 Å². The van der Waals surface area contributed by atoms with Crippen molar-refractivity contribution < 1.29 is 19.1 Å². The van der Waals surface area contributed by atoms with Crippen LogP contribution in [0, 0.1) is 5.92 Å². The molecule has 0 aromatic rings. The zero-order valence-electron chi connectivity index (χ0n) is 14.3. The van der Waals surface area contributed by atoms with Gasteiger partial charge in [0.15, 0.2) is 0 Å². The molecule has 4 N–H and O–H groups in total. The van der Waals surface area contributed by atoms with E-state index in [0.717, 1.165) is 0 Å². The van der Waals surface area contributed by atoms with E-state index >= 15 is 0 Å². The third-order valence-electron chi connectivity index (χ3n) is 3.77. The topological polar surface area (TPSA) is 114 Å². The molecule has 8 nitrogen and oxygen atoms in total. The Morgan fingerprint density at radius 3 is 2.57 bits per heavy atom. The normalized spacial score (nSPS) is 20.8. The van der Waals surface area contributed by atoms with Gasteiger partial charge in [-0.15, -0.1) is 0 Å². The minimum Gasteiger partial charge on any atom is -0.465 e. The van der Waals surface area contributed by atoms with Crippen LogP contribution in [0.1, 0.15) is 40.5 Å². The first kappa shape index (κ1) is 19.4. The number of ether oxygens (including phenoxy) is 1. The molecule has 132 valence electrons. The minimum atomic E-state index is -0.722. The maximum absolute atomic E-state index is 12.4. The van der Waals surface area contributed by atoms with Gasteiger partial charge in [-0.05, 0) is 32.6 Å². The number of nitrogens with two attached hydrogens (primary N) is 1. The fourth-order valence-corrected chi connectivity index (χ4v) is 2.27. The molecule has 1 rings (SSSR count). The lowest BCUT2D eigenvalue weighted by Gasteiger charge is -2.34. The van der Waals surface area contributed by atoms with Crippen molar-refractivity contribution in [3.8, 4) is 0 Å². The predicted molar refractivity (Wildman–Crippen MR) is 84.9 cm³/mol. The summed E-state index contributed by atoms with van der Waals surface area (Å²) >= 11 is 0. The number of nitrogens with one attached hydrogen (secondary N) is 2. The molecule has 0 spiro atoms. The van der Waals surface area contributed by atoms with Crippen LogP contribution in [-0.2, 0) is 19.1 Å². The molecule has 23 heavy (non-hydrogen) atoms. The second-order valence-electron chi connectivity index (χ2n) is 6.07. The van der Waals surface area contributed by atoms with Crippen LogP contribution in [0.4, 0.5) is 0 Å². The number of rotatable bonds is 6. The lowest BCUT2D eigenvalue weighted by molar-refractivity contribution is -0.152. The minimum absolute atomic E-state index is 0.0152. The van der Waals surface area contributed by atoms with Crippen LogP contribution in [0.5, 0.6) is 0 Å². The van der Waals surface area contributed by atoms with E-state index in [1.165, 1.54) is 5.01 Å². The SMILES string of the molecule is CCOC(=O)[C@@H]1CCCN(C(=O)[C@H](C)NC(=O)[C@@H](N)C(C)C)N1. The molecule has 1 aliphatic rings. The zero-order valence-corrected chi connectivity index (χ0v) is 14.3. The first-order valence-electron chi connectivity index (χ1n) is 8.08. The van der Waals surface area contributed by atoms with Gasteiger partial charge >= 0.3 is 5.97 Å². The highest BCUT2D eigenvalue weighted by atomic mass is 16.5. The maximum atomic E-state index is 12.4. The van der Waals surface area contributed by atoms with Crippen molar-refractivity contribution in [2.45, 2.75) is 58.7 Å². The summed E-state index contributed by atoms with van der Waals surface area (Å²) in [4.78, 5) is 36.1. The van der Waals surface area contributed by atoms with E-state index in [2.05, 4.69) is 10.7 Å². The number of hydrogen-bond acceptors (Lipinski definition) is 6. The summed E-state index contributed by atoms with van der Waals surface area (Å²) in [5.74, 6) is -1.05. The molecule has 1 fully saturated rings. The van der Waals surface area contributed by atoms with Crippen molar-refractivity contribution in [1.29, 1.82) is 0 Å². The molecule has 0 aromatic carbocycles. The van der Waals surface area contributed by atoms with E-state index in [0.29, 0.717) is 26.0 Å². The third-order valence-corrected chi connectivity index (χ3v) is 3.77. The number of amides is 2. The second kappa shape index (κ2) is 8.83. The van der Waals surface area contributed by atoms with E-state index in [9.17, 15) is 14.4 Å². The number of hydrogen-bond donors (Lipinski definition) is 3. The smallest absolute Gasteiger partial charge is 0.324 e. The van der Waals surface area contributed by atoms with Crippen LogP contribution >= 0.6 is 0 Å². The Balaban J connectivity index is 2.58. The fourth-order valence-electron chi connectivity index (χ4n) is 2.27. The lowest BCUT2D eigenvalue weighted by atomic mass is 10.0. The molecule has 2 amide bonds. The van der Waals surface area contributed by atoms with Crippen LogP contribution in [0.15, 0.2) is 0 Å². The Morgan fingerprint density at radius 1 is 1.35 bits per heavy atom. The third kappa shape index (κ3) is 5.47. The summed E-state index contributed by atoms with van der Waals surface area (Å²) in [5.41, 5.74) is 8.64. The molecule has 0 aromatic heterocycles. The molecule has 0 bridgehead atoms. The van der Waals surface area contributed by atoms with Crippen LogP contribution in [0.25, 0.3) is 0 Å². The number of carbonyl (C=O) groups is 3. The molecule has 1 saturated heterocycles. The van der Waals surface area contributed by atoms with E-state index in [1.807, 2.05) is 13.8 Å². The molecule has 0 aliphatic carbocycles. The molecule has 0 saturated carbocycles. The summed E-state index contributed by atoms with van der Waals surface area (Å²) in [5, 5.41) is 3.99. The highest BCUT2D eigenvalue weighted by Gasteiger charge is 2.31. The summed E-state index contributed by atoms with van der Waals surface area (Å²) in [6.07, 6.45) is 1.30. The van der Waals surface area contributed by atoms with Crippen molar-refractivity contribution in [1.82, 2.24) is 15.8 Å². The summed E-state index contributed by atoms with van der Waals surface area (Å²) in [6.45, 7) is 7.79. The number of carbonyl (C=O) groups excluding carboxylic acids is 3. The Hall–Kier alpha value is -1.67. The van der Waals surface area contributed by atoms with Crippen LogP contribution in [0.2, 0.25) is 0 Å². The van der Waals surface area contributed by atoms with Gasteiger partial charge in [-0.25, -0.2) is 5.43 Å². The largest absolute Gasteiger partial charge is 0.465 e. The summed E-state index contributed by atoms with van der Waals surface area (Å²) in [6, 6.07) is -1.92. The molecule has 0 unspecified atom stereocenters. The van der Waals surface area contributed by atoms with Gasteiger partial charge in [0.2, 0.25) is 5.91 Å². The first-order valence-corrected chi connectivity index (χ1v) is 8.08. The molecule has 1 heterocycles. The molecule has 8 heteroatoms. The van der Waals surface area contributed by atoms with Crippen LogP contribution in [0.3, 0.4) is 0 Å². The summed E-state index contributed by atoms with van der Waals surface area (Å²) < 4.78 is 4.97. The molecule has 1 aliphatic heterocycles. The predicted octanol–water partition coefficient (Wildman–Crippen LogP) is -0.467. The van der Waals surface area contributed by atoms with Gasteiger partial charge in [0.25, 0.3) is 5.91 Å². The standard InChI is InChI=1S/C15H28N4O4/c1-5-23-15(22)11-7-6-8-19(18-11)14(21)10(4)17-13(20)12(16)9(2)3/h9-12,18H,5-8,16H2,1-4H3,(H,17,20)/t10-,11-,12-/m0/s1. The average Bonchev–Trinajstić information content (AvgIpc) is 2.53. The monoisotopic (exact) mass is 328 g/mol. The number of hydrazine groups is 1. The summed E-state index contributed by atoms with van der Waals surface area (Å²) in [7, 11) is 0. The van der Waals surface area contributed by atoms with E-state index in [4.69, 9.17) is 10.5 Å². The van der Waals surface area contributed by atoms with Gasteiger partial charge < -0.3 is 15.8 Å². The van der Waals surface area contributed by atoms with Gasteiger partial charge in [0.1, 0.15) is 12.1 Å². The van der Waals surface area contributed by atoms with Gasteiger partial charge in [0.05, 0.1) is 12.6 Å². The van der Waals surface area contributed by atoms with Gasteiger partial charge in [0, 0.05) is 6.54 Å². The van der Waals surface area contributed by atoms with Crippen LogP contribution < -0.4 is 16.5 Å². The molecular formula is C15H28N4O4. The Morgan fingerprint density at radius 2 is 2.00 bits per heavy atom. The Bertz CT molecular complexity index is 441. The lowest BCUT2D eigenvalue weighted by Crippen LogP contribution is -2.60. The molecule has 0 radical (unpaired) electrons. The van der Waals surface area contributed by atoms with Crippen molar-refractivity contribution >= 4 is 17.8 Å². The first-order chi connectivity index (χ1) is 10.8. The average molecular weight is 328 g/mol. The maximum Gasteiger partial charge on any atom is 0.324 e. The molecule has 3 atom stereocenters. The number of esters is 1. The second-order valence-corrected chi connectivity index (χ2v) is 6.07.